The highest BCUT2D eigenvalue weighted by atomic mass is 79.9. The summed E-state index contributed by atoms with van der Waals surface area (Å²) in [4.78, 5) is 0. The number of hydrogen-bond donors (Lipinski definition) is 0. The molecule has 1 aromatic rings. The summed E-state index contributed by atoms with van der Waals surface area (Å²) in [5, 5.41) is 0. The Kier molecular flexibility index (Phi) is 3.88. The summed E-state index contributed by atoms with van der Waals surface area (Å²) in [6.45, 7) is 0. The summed E-state index contributed by atoms with van der Waals surface area (Å²) < 4.78 is 5.95. The minimum absolute atomic E-state index is 0.898. The predicted molar refractivity (Wildman–Crippen MR) is 54.0 cm³/mol. The van der Waals surface area contributed by atoms with Gasteiger partial charge < -0.3 is 4.74 Å². The lowest BCUT2D eigenvalue weighted by molar-refractivity contribution is 0.337. The molecule has 1 aromatic carbocycles. The van der Waals surface area contributed by atoms with Gasteiger partial charge in [-0.1, -0.05) is 34.1 Å². The molecule has 0 atom stereocenters. The number of hydrogen-bond acceptors (Lipinski definition) is 1. The lowest BCUT2D eigenvalue weighted by atomic mass is 10.1. The zero-order valence-corrected chi connectivity index (χ0v) is 8.54. The zero-order valence-electron chi connectivity index (χ0n) is 6.96. The van der Waals surface area contributed by atoms with Gasteiger partial charge in [-0.25, -0.2) is 0 Å². The third-order valence-corrected chi connectivity index (χ3v) is 2.30. The van der Waals surface area contributed by atoms with E-state index in [-0.39, 0.29) is 0 Å². The van der Waals surface area contributed by atoms with Crippen LogP contribution in [-0.2, 0) is 11.2 Å². The second-order valence-electron chi connectivity index (χ2n) is 2.40. The van der Waals surface area contributed by atoms with Crippen molar-refractivity contribution in [1.82, 2.24) is 0 Å². The Balaban J connectivity index is 2.63. The molecular weight excluding hydrogens is 216 g/mol. The molecule has 0 unspecified atom stereocenters. The van der Waals surface area contributed by atoms with Crippen molar-refractivity contribution in [1.29, 1.82) is 0 Å². The van der Waals surface area contributed by atoms with Crippen LogP contribution < -0.4 is 0 Å². The molecule has 64 valence electrons. The Morgan fingerprint density at radius 3 is 2.83 bits per heavy atom. The van der Waals surface area contributed by atoms with Crippen molar-refractivity contribution in [3.05, 3.63) is 46.6 Å². The molecule has 1 rings (SSSR count). The maximum absolute atomic E-state index is 4.81. The fourth-order valence-corrected chi connectivity index (χ4v) is 1.38. The standard InChI is InChI=1S/C10H11BrO/c1-12-8-4-6-9-5-2-3-7-10(9)11/h2-5,7-8H,6H2,1H3/b8-4+. The molecule has 0 aliphatic carbocycles. The van der Waals surface area contributed by atoms with E-state index < -0.39 is 0 Å². The van der Waals surface area contributed by atoms with Crippen molar-refractivity contribution in [2.75, 3.05) is 7.11 Å². The molecule has 0 fully saturated rings. The quantitative estimate of drug-likeness (QED) is 0.720. The van der Waals surface area contributed by atoms with Crippen molar-refractivity contribution in [3.63, 3.8) is 0 Å². The molecule has 0 bridgehead atoms. The van der Waals surface area contributed by atoms with E-state index in [1.54, 1.807) is 13.4 Å². The number of rotatable bonds is 3. The van der Waals surface area contributed by atoms with Gasteiger partial charge in [0.2, 0.25) is 0 Å². The monoisotopic (exact) mass is 226 g/mol. The maximum Gasteiger partial charge on any atom is 0.0788 e. The number of benzene rings is 1. The van der Waals surface area contributed by atoms with Gasteiger partial charge in [-0.2, -0.15) is 0 Å². The summed E-state index contributed by atoms with van der Waals surface area (Å²) in [7, 11) is 1.65. The number of allylic oxidation sites excluding steroid dienone is 1. The Morgan fingerprint density at radius 1 is 1.42 bits per heavy atom. The first-order chi connectivity index (χ1) is 5.84. The predicted octanol–water partition coefficient (Wildman–Crippen LogP) is 3.15. The molecule has 0 saturated heterocycles. The number of halogens is 1. The second-order valence-corrected chi connectivity index (χ2v) is 3.26. The van der Waals surface area contributed by atoms with Gasteiger partial charge in [0.25, 0.3) is 0 Å². The van der Waals surface area contributed by atoms with Crippen molar-refractivity contribution >= 4 is 15.9 Å². The minimum Gasteiger partial charge on any atom is -0.505 e. The SMILES string of the molecule is CO/C=C/Cc1ccccc1Br. The molecule has 0 aromatic heterocycles. The maximum atomic E-state index is 4.81. The van der Waals surface area contributed by atoms with Gasteiger partial charge in [0, 0.05) is 4.47 Å². The molecule has 0 heterocycles. The summed E-state index contributed by atoms with van der Waals surface area (Å²) in [6, 6.07) is 8.16. The van der Waals surface area contributed by atoms with Crippen LogP contribution in [0.3, 0.4) is 0 Å². The Labute approximate surface area is 81.2 Å². The highest BCUT2D eigenvalue weighted by molar-refractivity contribution is 9.10. The molecule has 0 N–H and O–H groups in total. The topological polar surface area (TPSA) is 9.23 Å². The molecule has 0 spiro atoms. The molecule has 0 radical (unpaired) electrons. The summed E-state index contributed by atoms with van der Waals surface area (Å²) in [5.41, 5.74) is 1.27. The van der Waals surface area contributed by atoms with Gasteiger partial charge >= 0.3 is 0 Å². The fourth-order valence-electron chi connectivity index (χ4n) is 0.935. The fraction of sp³-hybridized carbons (Fsp3) is 0.200. The lowest BCUT2D eigenvalue weighted by Gasteiger charge is -1.98. The zero-order chi connectivity index (χ0) is 8.81. The Bertz CT molecular complexity index is 268. The number of ether oxygens (including phenoxy) is 1. The average molecular weight is 227 g/mol. The van der Waals surface area contributed by atoms with E-state index >= 15 is 0 Å². The Morgan fingerprint density at radius 2 is 2.17 bits per heavy atom. The van der Waals surface area contributed by atoms with Gasteiger partial charge in [-0.3, -0.25) is 0 Å². The smallest absolute Gasteiger partial charge is 0.0788 e. The highest BCUT2D eigenvalue weighted by Crippen LogP contribution is 2.16. The van der Waals surface area contributed by atoms with Crippen LogP contribution >= 0.6 is 15.9 Å². The third kappa shape index (κ3) is 2.70. The van der Waals surface area contributed by atoms with Crippen molar-refractivity contribution in [3.8, 4) is 0 Å². The second kappa shape index (κ2) is 4.99. The molecule has 1 nitrogen and oxygen atoms in total. The van der Waals surface area contributed by atoms with E-state index in [4.69, 9.17) is 4.74 Å². The van der Waals surface area contributed by atoms with Gasteiger partial charge in [0.15, 0.2) is 0 Å². The van der Waals surface area contributed by atoms with Crippen LogP contribution in [-0.4, -0.2) is 7.11 Å². The van der Waals surface area contributed by atoms with Gasteiger partial charge in [0.05, 0.1) is 13.4 Å². The third-order valence-electron chi connectivity index (χ3n) is 1.53. The van der Waals surface area contributed by atoms with Crippen molar-refractivity contribution in [2.45, 2.75) is 6.42 Å². The van der Waals surface area contributed by atoms with E-state index in [0.717, 1.165) is 10.9 Å². The first-order valence-corrected chi connectivity index (χ1v) is 4.55. The molecule has 0 amide bonds. The molecule has 0 aliphatic rings. The largest absolute Gasteiger partial charge is 0.505 e. The first-order valence-electron chi connectivity index (χ1n) is 3.76. The molecule has 2 heteroatoms. The van der Waals surface area contributed by atoms with Crippen molar-refractivity contribution in [2.24, 2.45) is 0 Å². The first kappa shape index (κ1) is 9.33. The minimum atomic E-state index is 0.898. The Hall–Kier alpha value is -0.760. The summed E-state index contributed by atoms with van der Waals surface area (Å²) in [6.07, 6.45) is 4.58. The average Bonchev–Trinajstić information content (AvgIpc) is 2.09. The molecular formula is C10H11BrO. The van der Waals surface area contributed by atoms with E-state index in [0.29, 0.717) is 0 Å². The van der Waals surface area contributed by atoms with Crippen LogP contribution in [0, 0.1) is 0 Å². The summed E-state index contributed by atoms with van der Waals surface area (Å²) in [5.74, 6) is 0. The summed E-state index contributed by atoms with van der Waals surface area (Å²) >= 11 is 3.47. The molecule has 0 saturated carbocycles. The van der Waals surface area contributed by atoms with Gasteiger partial charge in [-0.15, -0.1) is 0 Å². The van der Waals surface area contributed by atoms with Crippen molar-refractivity contribution < 1.29 is 4.74 Å². The van der Waals surface area contributed by atoms with Gasteiger partial charge in [0.1, 0.15) is 0 Å². The highest BCUT2D eigenvalue weighted by Gasteiger charge is 1.93. The van der Waals surface area contributed by atoms with Gasteiger partial charge in [-0.05, 0) is 24.1 Å². The lowest BCUT2D eigenvalue weighted by Crippen LogP contribution is -1.82. The molecule has 0 aliphatic heterocycles. The van der Waals surface area contributed by atoms with Crippen LogP contribution in [0.1, 0.15) is 5.56 Å². The van der Waals surface area contributed by atoms with E-state index in [1.165, 1.54) is 5.56 Å². The normalized spacial score (nSPS) is 10.5. The van der Waals surface area contributed by atoms with E-state index in [1.807, 2.05) is 24.3 Å². The number of methoxy groups -OCH3 is 1. The van der Waals surface area contributed by atoms with E-state index in [9.17, 15) is 0 Å². The molecule has 12 heavy (non-hydrogen) atoms. The van der Waals surface area contributed by atoms with E-state index in [2.05, 4.69) is 22.0 Å². The van der Waals surface area contributed by atoms with Crippen LogP contribution in [0.4, 0.5) is 0 Å². The van der Waals surface area contributed by atoms with Crippen LogP contribution in [0.2, 0.25) is 0 Å². The van der Waals surface area contributed by atoms with Crippen LogP contribution in [0.15, 0.2) is 41.1 Å². The van der Waals surface area contributed by atoms with Crippen LogP contribution in [0.25, 0.3) is 0 Å². The van der Waals surface area contributed by atoms with Crippen LogP contribution in [0.5, 0.6) is 0 Å².